The van der Waals surface area contributed by atoms with Crippen molar-refractivity contribution in [2.24, 2.45) is 0 Å². The van der Waals surface area contributed by atoms with Crippen LogP contribution < -0.4 is 5.32 Å². The maximum Gasteiger partial charge on any atom is 0.338 e. The van der Waals surface area contributed by atoms with Crippen molar-refractivity contribution < 1.29 is 31.5 Å². The van der Waals surface area contributed by atoms with Gasteiger partial charge in [0.05, 0.1) is 21.2 Å². The highest BCUT2D eigenvalue weighted by Gasteiger charge is 2.26. The first-order valence-electron chi connectivity index (χ1n) is 9.90. The van der Waals surface area contributed by atoms with Crippen molar-refractivity contribution in [3.05, 3.63) is 58.6 Å². The molecule has 172 valence electrons. The summed E-state index contributed by atoms with van der Waals surface area (Å²) in [6, 6.07) is 6.41. The zero-order valence-electron chi connectivity index (χ0n) is 16.9. The average molecular weight is 487 g/mol. The molecule has 3 rings (SSSR count). The summed E-state index contributed by atoms with van der Waals surface area (Å²) in [7, 11) is -3.76. The molecular weight excluding hydrogens is 466 g/mol. The van der Waals surface area contributed by atoms with Gasteiger partial charge in [0, 0.05) is 13.1 Å². The molecule has 7 nitrogen and oxygen atoms in total. The van der Waals surface area contributed by atoms with Crippen LogP contribution in [-0.2, 0) is 19.6 Å². The molecule has 0 spiro atoms. The molecule has 0 atom stereocenters. The third-order valence-electron chi connectivity index (χ3n) is 4.90. The molecule has 0 bridgehead atoms. The number of nitrogens with zero attached hydrogens (tertiary/aromatic N) is 1. The van der Waals surface area contributed by atoms with E-state index < -0.39 is 40.1 Å². The fourth-order valence-corrected chi connectivity index (χ4v) is 4.92. The molecular formula is C21H21ClF2N2O5S. The first kappa shape index (κ1) is 24.1. The topological polar surface area (TPSA) is 92.8 Å². The highest BCUT2D eigenvalue weighted by molar-refractivity contribution is 7.89. The summed E-state index contributed by atoms with van der Waals surface area (Å²) in [6.45, 7) is 0.108. The smallest absolute Gasteiger partial charge is 0.338 e. The molecule has 0 aliphatic carbocycles. The highest BCUT2D eigenvalue weighted by Crippen LogP contribution is 2.28. The molecule has 2 aromatic rings. The van der Waals surface area contributed by atoms with Gasteiger partial charge >= 0.3 is 5.97 Å². The zero-order chi connectivity index (χ0) is 23.3. The lowest BCUT2D eigenvalue weighted by Gasteiger charge is -2.20. The van der Waals surface area contributed by atoms with E-state index in [1.54, 1.807) is 0 Å². The van der Waals surface area contributed by atoms with Crippen LogP contribution in [0, 0.1) is 11.6 Å². The van der Waals surface area contributed by atoms with Gasteiger partial charge in [0.1, 0.15) is 0 Å². The minimum absolute atomic E-state index is 0.0158. The van der Waals surface area contributed by atoms with Gasteiger partial charge in [-0.15, -0.1) is 0 Å². The van der Waals surface area contributed by atoms with Gasteiger partial charge in [-0.3, -0.25) is 4.79 Å². The Morgan fingerprint density at radius 1 is 1.00 bits per heavy atom. The van der Waals surface area contributed by atoms with Crippen LogP contribution in [0.1, 0.15) is 36.0 Å². The summed E-state index contributed by atoms with van der Waals surface area (Å²) in [6.07, 6.45) is 3.49. The fourth-order valence-electron chi connectivity index (χ4n) is 3.22. The van der Waals surface area contributed by atoms with Crippen molar-refractivity contribution in [3.63, 3.8) is 0 Å². The van der Waals surface area contributed by atoms with Gasteiger partial charge in [-0.1, -0.05) is 24.4 Å². The van der Waals surface area contributed by atoms with E-state index in [0.29, 0.717) is 19.2 Å². The summed E-state index contributed by atoms with van der Waals surface area (Å²) in [5, 5.41) is 2.50. The Kier molecular flexibility index (Phi) is 7.81. The molecule has 1 heterocycles. The van der Waals surface area contributed by atoms with E-state index in [9.17, 15) is 26.8 Å². The number of rotatable bonds is 6. The van der Waals surface area contributed by atoms with E-state index >= 15 is 0 Å². The molecule has 0 unspecified atom stereocenters. The monoisotopic (exact) mass is 486 g/mol. The number of nitrogens with one attached hydrogen (secondary N) is 1. The summed E-state index contributed by atoms with van der Waals surface area (Å²) >= 11 is 6.09. The maximum absolute atomic E-state index is 13.2. The lowest BCUT2D eigenvalue weighted by atomic mass is 10.2. The number of benzene rings is 2. The fraction of sp³-hybridized carbons (Fsp3) is 0.333. The van der Waals surface area contributed by atoms with E-state index in [4.69, 9.17) is 16.3 Å². The van der Waals surface area contributed by atoms with E-state index in [1.165, 1.54) is 22.5 Å². The van der Waals surface area contributed by atoms with Gasteiger partial charge < -0.3 is 10.1 Å². The van der Waals surface area contributed by atoms with E-state index in [-0.39, 0.29) is 21.2 Å². The molecule has 1 fully saturated rings. The van der Waals surface area contributed by atoms with Crippen molar-refractivity contribution in [2.75, 3.05) is 25.0 Å². The van der Waals surface area contributed by atoms with Crippen molar-refractivity contribution in [3.8, 4) is 0 Å². The summed E-state index contributed by atoms with van der Waals surface area (Å²) < 4.78 is 58.3. The van der Waals surface area contributed by atoms with Gasteiger partial charge in [-0.25, -0.2) is 22.0 Å². The summed E-state index contributed by atoms with van der Waals surface area (Å²) in [5.41, 5.74) is -0.225. The van der Waals surface area contributed by atoms with Crippen LogP contribution in [0.5, 0.6) is 0 Å². The Bertz CT molecular complexity index is 1120. The van der Waals surface area contributed by atoms with Gasteiger partial charge in [0.15, 0.2) is 18.2 Å². The minimum atomic E-state index is -3.76. The van der Waals surface area contributed by atoms with Gasteiger partial charge in [-0.2, -0.15) is 4.31 Å². The van der Waals surface area contributed by atoms with Crippen molar-refractivity contribution in [1.82, 2.24) is 4.31 Å². The number of halogens is 3. The van der Waals surface area contributed by atoms with Gasteiger partial charge in [0.25, 0.3) is 5.91 Å². The second-order valence-electron chi connectivity index (χ2n) is 7.21. The minimum Gasteiger partial charge on any atom is -0.452 e. The quantitative estimate of drug-likeness (QED) is 0.623. The van der Waals surface area contributed by atoms with E-state index in [0.717, 1.165) is 37.8 Å². The number of amides is 1. The van der Waals surface area contributed by atoms with E-state index in [2.05, 4.69) is 5.32 Å². The molecule has 1 amide bonds. The lowest BCUT2D eigenvalue weighted by Crippen LogP contribution is -2.32. The summed E-state index contributed by atoms with van der Waals surface area (Å²) in [4.78, 5) is 24.1. The van der Waals surface area contributed by atoms with Crippen molar-refractivity contribution in [2.45, 2.75) is 30.6 Å². The van der Waals surface area contributed by atoms with E-state index in [1.807, 2.05) is 0 Å². The number of carbonyl (C=O) groups is 2. The lowest BCUT2D eigenvalue weighted by molar-refractivity contribution is -0.119. The van der Waals surface area contributed by atoms with Crippen molar-refractivity contribution >= 4 is 39.2 Å². The van der Waals surface area contributed by atoms with Crippen LogP contribution in [0.15, 0.2) is 41.3 Å². The number of sulfonamides is 1. The Hall–Kier alpha value is -2.56. The number of esters is 1. The second-order valence-corrected chi connectivity index (χ2v) is 9.56. The molecule has 0 radical (unpaired) electrons. The predicted octanol–water partition coefficient (Wildman–Crippen LogP) is 3.98. The Labute approximate surface area is 189 Å². The van der Waals surface area contributed by atoms with Crippen LogP contribution in [0.2, 0.25) is 5.02 Å². The molecule has 32 heavy (non-hydrogen) atoms. The van der Waals surface area contributed by atoms with Crippen LogP contribution in [0.3, 0.4) is 0 Å². The Morgan fingerprint density at radius 2 is 1.69 bits per heavy atom. The highest BCUT2D eigenvalue weighted by atomic mass is 35.5. The molecule has 1 aliphatic rings. The van der Waals surface area contributed by atoms with Crippen LogP contribution >= 0.6 is 11.6 Å². The molecule has 1 aliphatic heterocycles. The van der Waals surface area contributed by atoms with Gasteiger partial charge in [-0.05, 0) is 49.2 Å². The summed E-state index contributed by atoms with van der Waals surface area (Å²) in [5.74, 6) is -4.16. The first-order chi connectivity index (χ1) is 15.2. The molecule has 1 N–H and O–H groups in total. The SMILES string of the molecule is O=C(COC(=O)c1ccc(F)c(F)c1)Nc1cc(S(=O)(=O)N2CCCCCC2)ccc1Cl. The molecule has 2 aromatic carbocycles. The van der Waals surface area contributed by atoms with Crippen LogP contribution in [0.25, 0.3) is 0 Å². The van der Waals surface area contributed by atoms with Crippen LogP contribution in [-0.4, -0.2) is 44.3 Å². The second kappa shape index (κ2) is 10.4. The number of anilines is 1. The standard InChI is InChI=1S/C21H21ClF2N2O5S/c22-16-7-6-15(32(29,30)26-9-3-1-2-4-10-26)12-19(16)25-20(27)13-31-21(28)14-5-8-17(23)18(24)11-14/h5-8,11-12H,1-4,9-10,13H2,(H,25,27). The van der Waals surface area contributed by atoms with Crippen molar-refractivity contribution in [1.29, 1.82) is 0 Å². The largest absolute Gasteiger partial charge is 0.452 e. The number of ether oxygens (including phenoxy) is 1. The first-order valence-corrected chi connectivity index (χ1v) is 11.7. The number of hydrogen-bond acceptors (Lipinski definition) is 5. The number of carbonyl (C=O) groups excluding carboxylic acids is 2. The predicted molar refractivity (Wildman–Crippen MR) is 114 cm³/mol. The molecule has 0 saturated carbocycles. The Morgan fingerprint density at radius 3 is 2.34 bits per heavy atom. The number of hydrogen-bond donors (Lipinski definition) is 1. The maximum atomic E-state index is 13.2. The van der Waals surface area contributed by atoms with Crippen LogP contribution in [0.4, 0.5) is 14.5 Å². The molecule has 0 aromatic heterocycles. The third-order valence-corrected chi connectivity index (χ3v) is 7.13. The third kappa shape index (κ3) is 5.81. The zero-order valence-corrected chi connectivity index (χ0v) is 18.5. The average Bonchev–Trinajstić information content (AvgIpc) is 3.05. The molecule has 1 saturated heterocycles. The van der Waals surface area contributed by atoms with Gasteiger partial charge in [0.2, 0.25) is 10.0 Å². The normalized spacial score (nSPS) is 15.1. The Balaban J connectivity index is 1.67. The molecule has 11 heteroatoms.